The molecule has 0 aromatic rings. The van der Waals surface area contributed by atoms with Gasteiger partial charge in [-0.25, -0.2) is 0 Å². The third-order valence-electron chi connectivity index (χ3n) is 0.321. The van der Waals surface area contributed by atoms with E-state index in [9.17, 15) is 9.59 Å². The molecule has 10 heavy (non-hydrogen) atoms. The van der Waals surface area contributed by atoms with Crippen LogP contribution in [0.5, 0.6) is 0 Å². The van der Waals surface area contributed by atoms with Crippen molar-refractivity contribution in [3.05, 3.63) is 0 Å². The molecule has 4 heteroatoms. The van der Waals surface area contributed by atoms with Crippen LogP contribution in [0.3, 0.4) is 0 Å². The minimum absolute atomic E-state index is 0. The van der Waals surface area contributed by atoms with Gasteiger partial charge in [-0.05, 0) is 6.92 Å². The Morgan fingerprint density at radius 2 is 1.70 bits per heavy atom. The van der Waals surface area contributed by atoms with Crippen LogP contribution < -0.4 is 0 Å². The molecule has 0 amide bonds. The summed E-state index contributed by atoms with van der Waals surface area (Å²) in [4.78, 5) is 27.7. The Balaban J connectivity index is -0.000000107. The molecule has 0 aliphatic rings. The van der Waals surface area contributed by atoms with E-state index >= 15 is 0 Å². The summed E-state index contributed by atoms with van der Waals surface area (Å²) < 4.78 is 0. The molecule has 0 aliphatic heterocycles. The number of hydrogen-bond acceptors (Lipinski definition) is 3. The van der Waals surface area contributed by atoms with Gasteiger partial charge in [-0.1, -0.05) is 6.42 Å². The predicted molar refractivity (Wildman–Crippen MR) is 33.8 cm³/mol. The van der Waals surface area contributed by atoms with Crippen LogP contribution in [0.15, 0.2) is 0 Å². The third kappa shape index (κ3) is 48.4. The summed E-state index contributed by atoms with van der Waals surface area (Å²) in [6.07, 6.45) is 2.90. The summed E-state index contributed by atoms with van der Waals surface area (Å²) in [5.41, 5.74) is 0. The Morgan fingerprint density at radius 1 is 1.40 bits per heavy atom. The maximum absolute atomic E-state index is 9.78. The molecule has 1 radical (unpaired) electrons. The van der Waals surface area contributed by atoms with Gasteiger partial charge < -0.3 is 14.4 Å². The van der Waals surface area contributed by atoms with Crippen molar-refractivity contribution in [2.45, 2.75) is 20.3 Å². The molecule has 0 heterocycles. The average Bonchev–Trinajstić information content (AvgIpc) is 1.67. The van der Waals surface area contributed by atoms with E-state index in [2.05, 4.69) is 0 Å². The van der Waals surface area contributed by atoms with Crippen molar-refractivity contribution >= 4 is 18.4 Å². The number of Topliss-reactive ketones (excluding diaryl/α,β-unsaturated/α-hetero) is 1. The number of rotatable bonds is 2. The normalized spacial score (nSPS) is 5.80. The minimum atomic E-state index is -0.134. The van der Waals surface area contributed by atoms with Gasteiger partial charge in [-0.2, -0.15) is 6.92 Å². The van der Waals surface area contributed by atoms with Crippen LogP contribution >= 0.6 is 0 Å². The van der Waals surface area contributed by atoms with Crippen molar-refractivity contribution < 1.29 is 33.9 Å². The molecule has 0 atom stereocenters. The van der Waals surface area contributed by atoms with Crippen molar-refractivity contribution in [3.8, 4) is 0 Å². The molecule has 0 spiro atoms. The maximum atomic E-state index is 9.78. The Hall–Kier alpha value is -0.367. The van der Waals surface area contributed by atoms with Gasteiger partial charge in [0.1, 0.15) is 5.78 Å². The van der Waals surface area contributed by atoms with E-state index in [4.69, 9.17) is 4.79 Å². The van der Waals surface area contributed by atoms with Gasteiger partial charge in [-0.15, -0.1) is 0 Å². The van der Waals surface area contributed by atoms with Gasteiger partial charge in [0.15, 0.2) is 0 Å². The summed E-state index contributed by atoms with van der Waals surface area (Å²) in [5, 5.41) is 0. The van der Waals surface area contributed by atoms with Crippen molar-refractivity contribution in [3.63, 3.8) is 0 Å². The molecule has 0 saturated heterocycles. The van der Waals surface area contributed by atoms with Crippen molar-refractivity contribution in [2.24, 2.45) is 0 Å². The molecule has 0 aromatic carbocycles. The molecule has 3 nitrogen and oxygen atoms in total. The zero-order valence-corrected chi connectivity index (χ0v) is 7.52. The molecule has 60 valence electrons. The second-order valence-electron chi connectivity index (χ2n) is 1.23. The van der Waals surface area contributed by atoms with Crippen LogP contribution in [0, 0.1) is 0 Å². The van der Waals surface area contributed by atoms with Gasteiger partial charge in [0.25, 0.3) is 0 Å². The van der Waals surface area contributed by atoms with E-state index in [1.807, 2.05) is 0 Å². The topological polar surface area (TPSA) is 51.2 Å². The molecule has 0 N–H and O–H groups in total. The number of ketones is 1. The zero-order valence-electron chi connectivity index (χ0n) is 5.79. The molecule has 0 fully saturated rings. The first kappa shape index (κ1) is 16.3. The standard InChI is InChI=1S/C4H5O2.C2H3O.Rh.H/c1-4(6)2-3-5;1-2-3;;/h2H2,1H3;1H3;;/q2*-1;+2;. The van der Waals surface area contributed by atoms with Crippen LogP contribution in [-0.2, 0) is 33.9 Å². The molecule has 0 unspecified atom stereocenters. The molecule has 0 aliphatic carbocycles. The summed E-state index contributed by atoms with van der Waals surface area (Å²) >= 11 is 0. The fraction of sp³-hybridized carbons (Fsp3) is 0.500. The van der Waals surface area contributed by atoms with E-state index in [0.717, 1.165) is 0 Å². The fourth-order valence-electron chi connectivity index (χ4n) is 0.102. The van der Waals surface area contributed by atoms with Gasteiger partial charge in [0.2, 0.25) is 0 Å². The summed E-state index contributed by atoms with van der Waals surface area (Å²) in [6.45, 7) is 2.67. The van der Waals surface area contributed by atoms with Gasteiger partial charge >= 0.3 is 19.5 Å². The average molecular weight is 232 g/mol. The Bertz CT molecular complexity index is 101. The van der Waals surface area contributed by atoms with Crippen LogP contribution in [0.25, 0.3) is 0 Å². The van der Waals surface area contributed by atoms with E-state index < -0.39 is 0 Å². The Labute approximate surface area is 72.9 Å². The number of carbonyl (C=O) groups excluding carboxylic acids is 3. The first-order valence-corrected chi connectivity index (χ1v) is 2.32. The predicted octanol–water partition coefficient (Wildman–Crippen LogP) is -0.0790. The molecule has 0 saturated carbocycles. The van der Waals surface area contributed by atoms with E-state index in [0.29, 0.717) is 0 Å². The first-order chi connectivity index (χ1) is 4.18. The van der Waals surface area contributed by atoms with E-state index in [-0.39, 0.29) is 31.7 Å². The molecular weight excluding hydrogens is 223 g/mol. The van der Waals surface area contributed by atoms with Gasteiger partial charge in [0.05, 0.1) is 0 Å². The fourth-order valence-corrected chi connectivity index (χ4v) is 0.102. The van der Waals surface area contributed by atoms with Crippen LogP contribution in [0.1, 0.15) is 20.3 Å². The zero-order chi connectivity index (χ0) is 7.70. The first-order valence-electron chi connectivity index (χ1n) is 2.32. The van der Waals surface area contributed by atoms with Gasteiger partial charge in [0, 0.05) is 0 Å². The molecule has 0 aromatic heterocycles. The SMILES string of the molecule is CC(=O)C[C-]=O.C[C-]=O.[RhH+2]. The number of hydrogen-bond donors (Lipinski definition) is 0. The second-order valence-corrected chi connectivity index (χ2v) is 1.23. The number of carbonyl (C=O) groups is 1. The second kappa shape index (κ2) is 15.9. The van der Waals surface area contributed by atoms with Crippen molar-refractivity contribution in [1.82, 2.24) is 0 Å². The van der Waals surface area contributed by atoms with Crippen molar-refractivity contribution in [2.75, 3.05) is 0 Å². The van der Waals surface area contributed by atoms with Crippen LogP contribution in [0.2, 0.25) is 0 Å². The molecule has 0 bridgehead atoms. The molecule has 0 rings (SSSR count). The quantitative estimate of drug-likeness (QED) is 0.380. The monoisotopic (exact) mass is 232 g/mol. The van der Waals surface area contributed by atoms with E-state index in [1.54, 1.807) is 0 Å². The van der Waals surface area contributed by atoms with E-state index in [1.165, 1.54) is 26.4 Å². The van der Waals surface area contributed by atoms with Crippen molar-refractivity contribution in [1.29, 1.82) is 0 Å². The summed E-state index contributed by atoms with van der Waals surface area (Å²) in [7, 11) is 0. The Morgan fingerprint density at radius 3 is 1.70 bits per heavy atom. The van der Waals surface area contributed by atoms with Crippen LogP contribution in [0.4, 0.5) is 0 Å². The summed E-state index contributed by atoms with van der Waals surface area (Å²) in [6, 6.07) is 0. The third-order valence-corrected chi connectivity index (χ3v) is 0.321. The van der Waals surface area contributed by atoms with Crippen LogP contribution in [-0.4, -0.2) is 18.4 Å². The Kier molecular flexibility index (Phi) is 25.9. The molecular formula is C6H9O3Rh. The van der Waals surface area contributed by atoms with Gasteiger partial charge in [-0.3, -0.25) is 12.6 Å². The summed E-state index contributed by atoms with van der Waals surface area (Å²) in [5.74, 6) is -0.134.